The highest BCUT2D eigenvalue weighted by atomic mass is 16.1. The third-order valence-corrected chi connectivity index (χ3v) is 3.81. The van der Waals surface area contributed by atoms with Gasteiger partial charge in [-0.2, -0.15) is 0 Å². The lowest BCUT2D eigenvalue weighted by Gasteiger charge is -2.05. The normalized spacial score (nSPS) is 10.9. The number of anilines is 1. The number of carbonyl (C=O) groups excluding carboxylic acids is 1. The van der Waals surface area contributed by atoms with E-state index in [0.29, 0.717) is 35.8 Å². The molecule has 0 atom stereocenters. The second-order valence-corrected chi connectivity index (χ2v) is 5.46. The third kappa shape index (κ3) is 3.34. The van der Waals surface area contributed by atoms with Gasteiger partial charge in [0.15, 0.2) is 5.65 Å². The molecule has 3 aromatic rings. The van der Waals surface area contributed by atoms with Crippen LogP contribution >= 0.6 is 0 Å². The summed E-state index contributed by atoms with van der Waals surface area (Å²) in [6, 6.07) is 7.55. The van der Waals surface area contributed by atoms with Gasteiger partial charge in [0.1, 0.15) is 5.52 Å². The van der Waals surface area contributed by atoms with E-state index >= 15 is 0 Å². The summed E-state index contributed by atoms with van der Waals surface area (Å²) < 4.78 is 1.81. The molecule has 0 aromatic carbocycles. The van der Waals surface area contributed by atoms with Crippen LogP contribution in [-0.2, 0) is 13.0 Å². The van der Waals surface area contributed by atoms with E-state index in [0.717, 1.165) is 18.5 Å². The van der Waals surface area contributed by atoms with E-state index in [2.05, 4.69) is 20.3 Å². The van der Waals surface area contributed by atoms with Gasteiger partial charge in [0, 0.05) is 31.2 Å². The van der Waals surface area contributed by atoms with Crippen LogP contribution in [0.15, 0.2) is 36.7 Å². The summed E-state index contributed by atoms with van der Waals surface area (Å²) in [5, 5.41) is 2.90. The molecule has 3 N–H and O–H groups in total. The predicted octanol–water partition coefficient (Wildman–Crippen LogP) is 1.79. The number of nitrogens with two attached hydrogens (primary N) is 1. The first kappa shape index (κ1) is 15.9. The van der Waals surface area contributed by atoms with Gasteiger partial charge in [0.25, 0.3) is 5.91 Å². The van der Waals surface area contributed by atoms with Crippen molar-refractivity contribution in [3.63, 3.8) is 0 Å². The molecule has 3 rings (SSSR count). The summed E-state index contributed by atoms with van der Waals surface area (Å²) in [5.41, 5.74) is 8.69. The molecule has 0 saturated heterocycles. The molecule has 3 aromatic heterocycles. The average molecular weight is 324 g/mol. The fourth-order valence-corrected chi connectivity index (χ4v) is 2.58. The molecule has 0 aliphatic carbocycles. The Morgan fingerprint density at radius 1 is 1.33 bits per heavy atom. The number of amides is 1. The standard InChI is InChI=1S/C17H20N6O/c1-2-23-15-14(22-17(23)18)10-12(11-21-15)16(24)20-9-5-7-13-6-3-4-8-19-13/h3-4,6,8,10-11H,2,5,7,9H2,1H3,(H2,18,22)(H,20,24). The molecule has 0 radical (unpaired) electrons. The maximum Gasteiger partial charge on any atom is 0.252 e. The van der Waals surface area contributed by atoms with Crippen LogP contribution in [0.25, 0.3) is 11.2 Å². The molecule has 1 amide bonds. The lowest BCUT2D eigenvalue weighted by atomic mass is 10.2. The molecular weight excluding hydrogens is 304 g/mol. The number of carbonyl (C=O) groups is 1. The highest BCUT2D eigenvalue weighted by Crippen LogP contribution is 2.16. The molecule has 0 aliphatic rings. The molecule has 3 heterocycles. The van der Waals surface area contributed by atoms with Gasteiger partial charge in [-0.15, -0.1) is 0 Å². The minimum Gasteiger partial charge on any atom is -0.369 e. The van der Waals surface area contributed by atoms with Crippen LogP contribution in [0.2, 0.25) is 0 Å². The second kappa shape index (κ2) is 7.08. The van der Waals surface area contributed by atoms with Crippen molar-refractivity contribution in [2.24, 2.45) is 0 Å². The van der Waals surface area contributed by atoms with Crippen molar-refractivity contribution in [2.75, 3.05) is 12.3 Å². The molecule has 0 saturated carbocycles. The van der Waals surface area contributed by atoms with Crippen molar-refractivity contribution < 1.29 is 4.79 Å². The van der Waals surface area contributed by atoms with Crippen molar-refractivity contribution in [1.82, 2.24) is 24.8 Å². The van der Waals surface area contributed by atoms with Crippen LogP contribution in [0.1, 0.15) is 29.4 Å². The number of rotatable bonds is 6. The van der Waals surface area contributed by atoms with Gasteiger partial charge in [0.2, 0.25) is 5.95 Å². The first-order valence-electron chi connectivity index (χ1n) is 7.99. The zero-order valence-corrected chi connectivity index (χ0v) is 13.6. The maximum absolute atomic E-state index is 12.2. The fourth-order valence-electron chi connectivity index (χ4n) is 2.58. The van der Waals surface area contributed by atoms with Crippen LogP contribution in [0.3, 0.4) is 0 Å². The third-order valence-electron chi connectivity index (χ3n) is 3.81. The number of nitrogen functional groups attached to an aromatic ring is 1. The van der Waals surface area contributed by atoms with Crippen molar-refractivity contribution >= 4 is 23.0 Å². The van der Waals surface area contributed by atoms with Gasteiger partial charge in [-0.05, 0) is 38.0 Å². The van der Waals surface area contributed by atoms with E-state index in [4.69, 9.17) is 5.73 Å². The highest BCUT2D eigenvalue weighted by molar-refractivity contribution is 5.96. The van der Waals surface area contributed by atoms with Crippen molar-refractivity contribution in [2.45, 2.75) is 26.3 Å². The smallest absolute Gasteiger partial charge is 0.252 e. The number of nitrogens with zero attached hydrogens (tertiary/aromatic N) is 4. The van der Waals surface area contributed by atoms with Crippen LogP contribution in [-0.4, -0.2) is 32.0 Å². The average Bonchev–Trinajstić information content (AvgIpc) is 2.93. The molecule has 0 unspecified atom stereocenters. The fraction of sp³-hybridized carbons (Fsp3) is 0.294. The summed E-state index contributed by atoms with van der Waals surface area (Å²) in [6.07, 6.45) is 4.99. The Balaban J connectivity index is 1.60. The van der Waals surface area contributed by atoms with Crippen LogP contribution < -0.4 is 11.1 Å². The highest BCUT2D eigenvalue weighted by Gasteiger charge is 2.12. The molecule has 7 nitrogen and oxygen atoms in total. The Hall–Kier alpha value is -2.96. The Bertz CT molecular complexity index is 843. The Morgan fingerprint density at radius 3 is 2.96 bits per heavy atom. The predicted molar refractivity (Wildman–Crippen MR) is 92.5 cm³/mol. The molecule has 0 fully saturated rings. The zero-order valence-electron chi connectivity index (χ0n) is 13.6. The number of hydrogen-bond acceptors (Lipinski definition) is 5. The van der Waals surface area contributed by atoms with Gasteiger partial charge in [-0.1, -0.05) is 6.07 Å². The molecular formula is C17H20N6O. The second-order valence-electron chi connectivity index (χ2n) is 5.46. The van der Waals surface area contributed by atoms with E-state index in [1.807, 2.05) is 29.7 Å². The first-order chi connectivity index (χ1) is 11.7. The van der Waals surface area contributed by atoms with Gasteiger partial charge < -0.3 is 11.1 Å². The molecule has 0 spiro atoms. The van der Waals surface area contributed by atoms with E-state index in [9.17, 15) is 4.79 Å². The van der Waals surface area contributed by atoms with Crippen LogP contribution in [0.5, 0.6) is 0 Å². The molecule has 124 valence electrons. The molecule has 0 bridgehead atoms. The van der Waals surface area contributed by atoms with Gasteiger partial charge in [0.05, 0.1) is 5.56 Å². The number of aryl methyl sites for hydroxylation is 2. The minimum absolute atomic E-state index is 0.157. The van der Waals surface area contributed by atoms with Crippen LogP contribution in [0, 0.1) is 0 Å². The Kier molecular flexibility index (Phi) is 4.69. The van der Waals surface area contributed by atoms with Crippen molar-refractivity contribution in [3.05, 3.63) is 47.9 Å². The monoisotopic (exact) mass is 324 g/mol. The molecule has 7 heteroatoms. The number of nitrogens with one attached hydrogen (secondary N) is 1. The van der Waals surface area contributed by atoms with E-state index in [1.165, 1.54) is 0 Å². The molecule has 0 aliphatic heterocycles. The van der Waals surface area contributed by atoms with Gasteiger partial charge in [-0.3, -0.25) is 14.3 Å². The Labute approximate surface area is 139 Å². The zero-order chi connectivity index (χ0) is 16.9. The number of fused-ring (bicyclic) bond motifs is 1. The SMILES string of the molecule is CCn1c(N)nc2cc(C(=O)NCCCc3ccccn3)cnc21. The van der Waals surface area contributed by atoms with Gasteiger partial charge >= 0.3 is 0 Å². The summed E-state index contributed by atoms with van der Waals surface area (Å²) in [4.78, 5) is 25.1. The lowest BCUT2D eigenvalue weighted by molar-refractivity contribution is 0.0953. The Morgan fingerprint density at radius 2 is 2.21 bits per heavy atom. The summed E-state index contributed by atoms with van der Waals surface area (Å²) in [5.74, 6) is 0.253. The number of pyridine rings is 2. The molecule has 24 heavy (non-hydrogen) atoms. The number of aromatic nitrogens is 4. The van der Waals surface area contributed by atoms with Gasteiger partial charge in [-0.25, -0.2) is 9.97 Å². The minimum atomic E-state index is -0.157. The topological polar surface area (TPSA) is 98.7 Å². The van der Waals surface area contributed by atoms with Crippen molar-refractivity contribution in [3.8, 4) is 0 Å². The van der Waals surface area contributed by atoms with E-state index < -0.39 is 0 Å². The first-order valence-corrected chi connectivity index (χ1v) is 7.99. The van der Waals surface area contributed by atoms with Crippen molar-refractivity contribution in [1.29, 1.82) is 0 Å². The quantitative estimate of drug-likeness (QED) is 0.674. The number of hydrogen-bond donors (Lipinski definition) is 2. The lowest BCUT2D eigenvalue weighted by Crippen LogP contribution is -2.25. The maximum atomic E-state index is 12.2. The number of imidazole rings is 1. The summed E-state index contributed by atoms with van der Waals surface area (Å²) >= 11 is 0. The summed E-state index contributed by atoms with van der Waals surface area (Å²) in [6.45, 7) is 3.24. The van der Waals surface area contributed by atoms with E-state index in [-0.39, 0.29) is 5.91 Å². The summed E-state index contributed by atoms with van der Waals surface area (Å²) in [7, 11) is 0. The van der Waals surface area contributed by atoms with Crippen LogP contribution in [0.4, 0.5) is 5.95 Å². The van der Waals surface area contributed by atoms with E-state index in [1.54, 1.807) is 18.5 Å². The largest absolute Gasteiger partial charge is 0.369 e.